The SMILES string of the molecule is CN(CC(=O)O)C(=O)CN1C(=O)N(C)C2(CCCCC2)C1=O. The molecular weight excluding hydrogens is 290 g/mol. The van der Waals surface area contributed by atoms with Crippen molar-refractivity contribution in [3.8, 4) is 0 Å². The predicted molar refractivity (Wildman–Crippen MR) is 76.0 cm³/mol. The highest BCUT2D eigenvalue weighted by Gasteiger charge is 2.55. The van der Waals surface area contributed by atoms with E-state index in [0.29, 0.717) is 12.8 Å². The van der Waals surface area contributed by atoms with E-state index in [0.717, 1.165) is 29.1 Å². The average Bonchev–Trinajstić information content (AvgIpc) is 2.64. The van der Waals surface area contributed by atoms with Gasteiger partial charge >= 0.3 is 12.0 Å². The number of carbonyl (C=O) groups excluding carboxylic acids is 3. The molecule has 1 heterocycles. The highest BCUT2D eigenvalue weighted by atomic mass is 16.4. The molecule has 1 spiro atoms. The van der Waals surface area contributed by atoms with Crippen LogP contribution in [0.3, 0.4) is 0 Å². The number of carbonyl (C=O) groups is 4. The summed E-state index contributed by atoms with van der Waals surface area (Å²) >= 11 is 0. The molecule has 2 rings (SSSR count). The summed E-state index contributed by atoms with van der Waals surface area (Å²) < 4.78 is 0. The Morgan fingerprint density at radius 3 is 2.36 bits per heavy atom. The van der Waals surface area contributed by atoms with Crippen molar-refractivity contribution in [2.75, 3.05) is 27.2 Å². The number of urea groups is 1. The van der Waals surface area contributed by atoms with Gasteiger partial charge in [0.1, 0.15) is 18.6 Å². The Morgan fingerprint density at radius 2 is 1.82 bits per heavy atom. The average molecular weight is 311 g/mol. The number of aliphatic carboxylic acids is 1. The third-order valence-corrected chi connectivity index (χ3v) is 4.58. The first-order valence-electron chi connectivity index (χ1n) is 7.35. The third-order valence-electron chi connectivity index (χ3n) is 4.58. The Bertz CT molecular complexity index is 513. The maximum atomic E-state index is 12.7. The zero-order valence-electron chi connectivity index (χ0n) is 12.9. The summed E-state index contributed by atoms with van der Waals surface area (Å²) in [4.78, 5) is 51.0. The second kappa shape index (κ2) is 5.94. The number of amides is 4. The molecule has 0 aromatic heterocycles. The van der Waals surface area contributed by atoms with Gasteiger partial charge in [-0.15, -0.1) is 0 Å². The molecule has 8 nitrogen and oxygen atoms in total. The van der Waals surface area contributed by atoms with Gasteiger partial charge in [-0.05, 0) is 12.8 Å². The minimum absolute atomic E-state index is 0.336. The molecule has 1 aliphatic heterocycles. The van der Waals surface area contributed by atoms with Gasteiger partial charge in [0.25, 0.3) is 5.91 Å². The van der Waals surface area contributed by atoms with E-state index in [1.165, 1.54) is 11.9 Å². The summed E-state index contributed by atoms with van der Waals surface area (Å²) in [5, 5.41) is 8.69. The molecule has 1 saturated carbocycles. The molecule has 2 aliphatic rings. The Balaban J connectivity index is 2.12. The maximum absolute atomic E-state index is 12.7. The standard InChI is InChI=1S/C14H21N3O5/c1-15(9-11(19)20)10(18)8-17-12(21)14(16(2)13(17)22)6-4-3-5-7-14/h3-9H2,1-2H3,(H,19,20). The molecule has 0 bridgehead atoms. The van der Waals surface area contributed by atoms with E-state index in [1.54, 1.807) is 7.05 Å². The third kappa shape index (κ3) is 2.65. The van der Waals surface area contributed by atoms with Crippen molar-refractivity contribution in [3.63, 3.8) is 0 Å². The van der Waals surface area contributed by atoms with E-state index in [1.807, 2.05) is 0 Å². The Labute approximate surface area is 128 Å². The quantitative estimate of drug-likeness (QED) is 0.744. The second-order valence-corrected chi connectivity index (χ2v) is 5.97. The van der Waals surface area contributed by atoms with Gasteiger partial charge in [-0.2, -0.15) is 0 Å². The summed E-state index contributed by atoms with van der Waals surface area (Å²) in [7, 11) is 2.93. The Hall–Kier alpha value is -2.12. The van der Waals surface area contributed by atoms with Gasteiger partial charge in [0.2, 0.25) is 5.91 Å². The van der Waals surface area contributed by atoms with Crippen LogP contribution in [-0.4, -0.2) is 76.3 Å². The number of rotatable bonds is 4. The van der Waals surface area contributed by atoms with Crippen molar-refractivity contribution in [2.24, 2.45) is 0 Å². The fourth-order valence-corrected chi connectivity index (χ4v) is 3.22. The van der Waals surface area contributed by atoms with Gasteiger partial charge in [0.05, 0.1) is 0 Å². The first-order chi connectivity index (χ1) is 10.3. The molecule has 2 fully saturated rings. The monoisotopic (exact) mass is 311 g/mol. The Morgan fingerprint density at radius 1 is 1.23 bits per heavy atom. The van der Waals surface area contributed by atoms with Crippen LogP contribution >= 0.6 is 0 Å². The summed E-state index contributed by atoms with van der Waals surface area (Å²) in [6.45, 7) is -0.871. The van der Waals surface area contributed by atoms with Gasteiger partial charge in [-0.25, -0.2) is 4.79 Å². The molecule has 8 heteroatoms. The van der Waals surface area contributed by atoms with E-state index >= 15 is 0 Å². The predicted octanol–water partition coefficient (Wildman–Crippen LogP) is 0.126. The van der Waals surface area contributed by atoms with Crippen molar-refractivity contribution < 1.29 is 24.3 Å². The van der Waals surface area contributed by atoms with Gasteiger partial charge in [-0.1, -0.05) is 19.3 Å². The van der Waals surface area contributed by atoms with E-state index in [9.17, 15) is 19.2 Å². The van der Waals surface area contributed by atoms with Gasteiger partial charge in [0.15, 0.2) is 0 Å². The molecule has 1 N–H and O–H groups in total. The number of hydrogen-bond donors (Lipinski definition) is 1. The van der Waals surface area contributed by atoms with E-state index in [-0.39, 0.29) is 5.91 Å². The largest absolute Gasteiger partial charge is 0.480 e. The van der Waals surface area contributed by atoms with Crippen LogP contribution in [0, 0.1) is 0 Å². The van der Waals surface area contributed by atoms with Crippen LogP contribution in [0.5, 0.6) is 0 Å². The molecule has 0 unspecified atom stereocenters. The van der Waals surface area contributed by atoms with Crippen LogP contribution < -0.4 is 0 Å². The molecule has 4 amide bonds. The van der Waals surface area contributed by atoms with Gasteiger partial charge in [0, 0.05) is 14.1 Å². The topological polar surface area (TPSA) is 98.2 Å². The van der Waals surface area contributed by atoms with Crippen LogP contribution in [0.2, 0.25) is 0 Å². The summed E-state index contributed by atoms with van der Waals surface area (Å²) in [5.74, 6) is -2.04. The van der Waals surface area contributed by atoms with Crippen molar-refractivity contribution in [1.82, 2.24) is 14.7 Å². The summed E-state index contributed by atoms with van der Waals surface area (Å²) in [6.07, 6.45) is 4.03. The molecule has 1 saturated heterocycles. The lowest BCUT2D eigenvalue weighted by Crippen LogP contribution is -2.49. The summed E-state index contributed by atoms with van der Waals surface area (Å²) in [6, 6.07) is -0.482. The van der Waals surface area contributed by atoms with Gasteiger partial charge < -0.3 is 14.9 Å². The molecule has 1 aliphatic carbocycles. The minimum atomic E-state index is -1.14. The molecule has 122 valence electrons. The maximum Gasteiger partial charge on any atom is 0.327 e. The lowest BCUT2D eigenvalue weighted by molar-refractivity contribution is -0.145. The van der Waals surface area contributed by atoms with Crippen LogP contribution in [0.4, 0.5) is 4.79 Å². The lowest BCUT2D eigenvalue weighted by Gasteiger charge is -2.35. The smallest absolute Gasteiger partial charge is 0.327 e. The van der Waals surface area contributed by atoms with E-state index in [2.05, 4.69) is 0 Å². The zero-order chi connectivity index (χ0) is 16.5. The number of likely N-dealkylation sites (N-methyl/N-ethyl adjacent to an activating group) is 2. The van der Waals surface area contributed by atoms with Crippen LogP contribution in [0.15, 0.2) is 0 Å². The molecule has 22 heavy (non-hydrogen) atoms. The van der Waals surface area contributed by atoms with Crippen molar-refractivity contribution in [1.29, 1.82) is 0 Å². The number of carboxylic acids is 1. The molecule has 0 aromatic rings. The second-order valence-electron chi connectivity index (χ2n) is 5.97. The fraction of sp³-hybridized carbons (Fsp3) is 0.714. The van der Waals surface area contributed by atoms with Crippen LogP contribution in [-0.2, 0) is 14.4 Å². The highest BCUT2D eigenvalue weighted by Crippen LogP contribution is 2.39. The van der Waals surface area contributed by atoms with E-state index < -0.39 is 36.5 Å². The Kier molecular flexibility index (Phi) is 4.39. The number of carboxylic acid groups (broad SMARTS) is 1. The normalized spacial score (nSPS) is 20.6. The molecular formula is C14H21N3O5. The zero-order valence-corrected chi connectivity index (χ0v) is 12.9. The van der Waals surface area contributed by atoms with Crippen molar-refractivity contribution in [3.05, 3.63) is 0 Å². The van der Waals surface area contributed by atoms with Crippen molar-refractivity contribution >= 4 is 23.8 Å². The first-order valence-corrected chi connectivity index (χ1v) is 7.35. The van der Waals surface area contributed by atoms with Crippen LogP contribution in [0.1, 0.15) is 32.1 Å². The van der Waals surface area contributed by atoms with Crippen molar-refractivity contribution in [2.45, 2.75) is 37.6 Å². The van der Waals surface area contributed by atoms with Crippen LogP contribution in [0.25, 0.3) is 0 Å². The minimum Gasteiger partial charge on any atom is -0.480 e. The number of imide groups is 1. The summed E-state index contributed by atoms with van der Waals surface area (Å²) in [5.41, 5.74) is -0.818. The molecule has 0 atom stereocenters. The lowest BCUT2D eigenvalue weighted by atomic mass is 9.81. The molecule has 0 aromatic carbocycles. The number of nitrogens with zero attached hydrogens (tertiary/aromatic N) is 3. The first kappa shape index (κ1) is 16.3. The molecule has 0 radical (unpaired) electrons. The highest BCUT2D eigenvalue weighted by molar-refractivity contribution is 6.09. The van der Waals surface area contributed by atoms with Gasteiger partial charge in [-0.3, -0.25) is 19.3 Å². The van der Waals surface area contributed by atoms with E-state index in [4.69, 9.17) is 5.11 Å². The fourth-order valence-electron chi connectivity index (χ4n) is 3.22. The number of hydrogen-bond acceptors (Lipinski definition) is 4.